The van der Waals surface area contributed by atoms with Crippen LogP contribution >= 0.6 is 0 Å². The molecule has 16 heteroatoms. The fourth-order valence-electron chi connectivity index (χ4n) is 6.95. The molecule has 286 valence electrons. The van der Waals surface area contributed by atoms with Crippen LogP contribution in [0.25, 0.3) is 11.3 Å². The number of likely N-dealkylation sites (N-methyl/N-ethyl adjacent to an activating group) is 1. The number of imidazole rings is 2. The van der Waals surface area contributed by atoms with Gasteiger partial charge in [-0.1, -0.05) is 6.92 Å². The van der Waals surface area contributed by atoms with E-state index in [0.29, 0.717) is 28.8 Å². The molecule has 16 nitrogen and oxygen atoms in total. The summed E-state index contributed by atoms with van der Waals surface area (Å²) in [5.74, 6) is 2.35. The first kappa shape index (κ1) is 37.3. The molecule has 55 heavy (non-hydrogen) atoms. The van der Waals surface area contributed by atoms with Crippen molar-refractivity contribution >= 4 is 46.4 Å². The second-order valence-corrected chi connectivity index (χ2v) is 14.1. The lowest BCUT2D eigenvalue weighted by Gasteiger charge is -2.34. The molecule has 2 aliphatic heterocycles. The SMILES string of the molecule is CCN1CCN(c2ccc(C(=O)Nc3cn4cc(C)nc(C)c4n3)cn2)CC1.Cc1cn2cc(NC(=O)c3ccc(N4CCNC(C)C4)nc3)nc2c(C)n1. The third kappa shape index (κ3) is 8.71. The highest BCUT2D eigenvalue weighted by Gasteiger charge is 2.19. The van der Waals surface area contributed by atoms with Crippen molar-refractivity contribution in [3.05, 3.63) is 95.3 Å². The average molecular weight is 745 g/mol. The Balaban J connectivity index is 0.000000169. The monoisotopic (exact) mass is 744 g/mol. The fourth-order valence-corrected chi connectivity index (χ4v) is 6.95. The molecule has 6 aromatic heterocycles. The Bertz CT molecular complexity index is 2290. The Morgan fingerprint density at radius 3 is 1.65 bits per heavy atom. The van der Waals surface area contributed by atoms with Crippen LogP contribution in [0.5, 0.6) is 0 Å². The van der Waals surface area contributed by atoms with Crippen molar-refractivity contribution in [1.82, 2.24) is 48.9 Å². The number of carbonyl (C=O) groups is 2. The molecule has 2 saturated heterocycles. The van der Waals surface area contributed by atoms with Crippen molar-refractivity contribution in [2.75, 3.05) is 72.8 Å². The quantitative estimate of drug-likeness (QED) is 0.216. The number of piperazine rings is 2. The van der Waals surface area contributed by atoms with Crippen molar-refractivity contribution in [3.63, 3.8) is 0 Å². The highest BCUT2D eigenvalue weighted by Crippen LogP contribution is 2.19. The normalized spacial score (nSPS) is 16.2. The molecule has 8 heterocycles. The average Bonchev–Trinajstić information content (AvgIpc) is 3.78. The highest BCUT2D eigenvalue weighted by molar-refractivity contribution is 6.04. The Morgan fingerprint density at radius 2 is 1.20 bits per heavy atom. The lowest BCUT2D eigenvalue weighted by molar-refractivity contribution is 0.101. The molecule has 1 unspecified atom stereocenters. The fraction of sp³-hybridized carbons (Fsp3) is 0.385. The standard InChI is InChI=1S/C20H25N7O.C19H23N7O/c1-4-25-7-9-26(10-8-25)18-6-5-16(11-21-18)20(28)24-17-13-27-12-14(2)22-15(3)19(27)23-17;1-12-9-25(7-6-20-12)17-5-4-15(8-21-17)19(27)24-16-11-26-10-13(2)22-14(3)18(26)23-16/h5-6,11-13H,4,7-10H2,1-3H3,(H,24,28);4-5,8,10-12,20H,6-7,9H2,1-3H3,(H,24,27). The van der Waals surface area contributed by atoms with Crippen molar-refractivity contribution in [2.45, 2.75) is 47.6 Å². The van der Waals surface area contributed by atoms with Gasteiger partial charge in [-0.3, -0.25) is 19.6 Å². The Labute approximate surface area is 320 Å². The van der Waals surface area contributed by atoms with Gasteiger partial charge in [0.05, 0.1) is 46.3 Å². The number of aromatic nitrogens is 8. The van der Waals surface area contributed by atoms with E-state index in [1.165, 1.54) is 0 Å². The number of fused-ring (bicyclic) bond motifs is 2. The molecule has 6 aromatic rings. The van der Waals surface area contributed by atoms with Crippen LogP contribution < -0.4 is 25.8 Å². The summed E-state index contributed by atoms with van der Waals surface area (Å²) in [7, 11) is 0. The predicted octanol–water partition coefficient (Wildman–Crippen LogP) is 3.93. The number of carbonyl (C=O) groups excluding carboxylic acids is 2. The van der Waals surface area contributed by atoms with Gasteiger partial charge in [0.15, 0.2) is 22.9 Å². The van der Waals surface area contributed by atoms with E-state index in [2.05, 4.69) is 74.4 Å². The zero-order valence-corrected chi connectivity index (χ0v) is 32.2. The number of hydrogen-bond donors (Lipinski definition) is 3. The molecule has 0 radical (unpaired) electrons. The van der Waals surface area contributed by atoms with Crippen LogP contribution in [0.2, 0.25) is 0 Å². The van der Waals surface area contributed by atoms with Crippen LogP contribution in [0, 0.1) is 27.7 Å². The number of anilines is 4. The summed E-state index contributed by atoms with van der Waals surface area (Å²) in [5.41, 5.74) is 5.94. The Hall–Kier alpha value is -6.00. The molecule has 3 N–H and O–H groups in total. The summed E-state index contributed by atoms with van der Waals surface area (Å²) in [4.78, 5) is 58.7. The molecule has 1 atom stereocenters. The first-order valence-corrected chi connectivity index (χ1v) is 18.7. The van der Waals surface area contributed by atoms with Gasteiger partial charge in [0.1, 0.15) is 11.6 Å². The number of rotatable bonds is 7. The smallest absolute Gasteiger partial charge is 0.258 e. The van der Waals surface area contributed by atoms with E-state index in [9.17, 15) is 9.59 Å². The van der Waals surface area contributed by atoms with Crippen molar-refractivity contribution in [1.29, 1.82) is 0 Å². The maximum atomic E-state index is 12.6. The van der Waals surface area contributed by atoms with Gasteiger partial charge in [-0.05, 0) is 65.4 Å². The molecule has 0 bridgehead atoms. The Kier molecular flexibility index (Phi) is 11.0. The molecule has 0 aliphatic carbocycles. The summed E-state index contributed by atoms with van der Waals surface area (Å²) in [6.45, 7) is 19.9. The zero-order chi connectivity index (χ0) is 38.6. The molecule has 0 aromatic carbocycles. The number of amides is 2. The van der Waals surface area contributed by atoms with Crippen molar-refractivity contribution in [2.24, 2.45) is 0 Å². The topological polar surface area (TPSA) is 166 Å². The van der Waals surface area contributed by atoms with E-state index in [4.69, 9.17) is 0 Å². The van der Waals surface area contributed by atoms with Gasteiger partial charge in [0.25, 0.3) is 11.8 Å². The molecule has 0 spiro atoms. The molecule has 2 amide bonds. The highest BCUT2D eigenvalue weighted by atomic mass is 16.2. The van der Waals surface area contributed by atoms with Gasteiger partial charge in [0, 0.05) is 76.6 Å². The summed E-state index contributed by atoms with van der Waals surface area (Å²) >= 11 is 0. The van der Waals surface area contributed by atoms with Crippen LogP contribution in [0.15, 0.2) is 61.4 Å². The number of nitrogens with zero attached hydrogens (tertiary/aromatic N) is 11. The lowest BCUT2D eigenvalue weighted by Crippen LogP contribution is -2.49. The van der Waals surface area contributed by atoms with E-state index >= 15 is 0 Å². The zero-order valence-electron chi connectivity index (χ0n) is 32.2. The minimum absolute atomic E-state index is 0.222. The summed E-state index contributed by atoms with van der Waals surface area (Å²) < 4.78 is 3.75. The molecule has 0 saturated carbocycles. The van der Waals surface area contributed by atoms with Gasteiger partial charge in [-0.2, -0.15) is 0 Å². The third-order valence-corrected chi connectivity index (χ3v) is 9.79. The summed E-state index contributed by atoms with van der Waals surface area (Å²) in [6, 6.07) is 7.86. The van der Waals surface area contributed by atoms with Gasteiger partial charge < -0.3 is 39.5 Å². The van der Waals surface area contributed by atoms with E-state index in [-0.39, 0.29) is 11.8 Å². The largest absolute Gasteiger partial charge is 0.354 e. The summed E-state index contributed by atoms with van der Waals surface area (Å²) in [6.07, 6.45) is 10.6. The number of pyridine rings is 2. The van der Waals surface area contributed by atoms with E-state index in [1.54, 1.807) is 30.9 Å². The molecule has 2 aliphatic rings. The van der Waals surface area contributed by atoms with E-state index in [0.717, 1.165) is 98.1 Å². The second-order valence-electron chi connectivity index (χ2n) is 14.1. The Morgan fingerprint density at radius 1 is 0.691 bits per heavy atom. The lowest BCUT2D eigenvalue weighted by atomic mass is 10.2. The van der Waals surface area contributed by atoms with Gasteiger partial charge in [-0.25, -0.2) is 19.9 Å². The third-order valence-electron chi connectivity index (χ3n) is 9.79. The van der Waals surface area contributed by atoms with E-state index in [1.807, 2.05) is 67.1 Å². The molecule has 8 rings (SSSR count). The maximum absolute atomic E-state index is 12.6. The van der Waals surface area contributed by atoms with Crippen molar-refractivity contribution in [3.8, 4) is 0 Å². The van der Waals surface area contributed by atoms with Crippen LogP contribution in [-0.4, -0.2) is 114 Å². The van der Waals surface area contributed by atoms with Gasteiger partial charge >= 0.3 is 0 Å². The summed E-state index contributed by atoms with van der Waals surface area (Å²) in [5, 5.41) is 9.10. The van der Waals surface area contributed by atoms with Gasteiger partial charge in [0.2, 0.25) is 0 Å². The minimum Gasteiger partial charge on any atom is -0.354 e. The van der Waals surface area contributed by atoms with Gasteiger partial charge in [-0.15, -0.1) is 0 Å². The maximum Gasteiger partial charge on any atom is 0.258 e. The van der Waals surface area contributed by atoms with Crippen molar-refractivity contribution < 1.29 is 9.59 Å². The van der Waals surface area contributed by atoms with Crippen LogP contribution in [0.1, 0.15) is 57.3 Å². The number of hydrogen-bond acceptors (Lipinski definition) is 12. The minimum atomic E-state index is -0.228. The molecule has 2 fully saturated rings. The van der Waals surface area contributed by atoms with E-state index < -0.39 is 0 Å². The van der Waals surface area contributed by atoms with Crippen LogP contribution in [0.4, 0.5) is 23.3 Å². The second kappa shape index (κ2) is 16.2. The van der Waals surface area contributed by atoms with Crippen LogP contribution in [0.3, 0.4) is 0 Å². The first-order chi connectivity index (χ1) is 26.5. The molecular formula is C39H48N14O2. The number of nitrogens with one attached hydrogen (secondary N) is 3. The number of aryl methyl sites for hydroxylation is 4. The van der Waals surface area contributed by atoms with Crippen LogP contribution in [-0.2, 0) is 0 Å². The first-order valence-electron chi connectivity index (χ1n) is 18.7. The molecular weight excluding hydrogens is 697 g/mol. The predicted molar refractivity (Wildman–Crippen MR) is 213 cm³/mol.